The van der Waals surface area contributed by atoms with Gasteiger partial charge < -0.3 is 24.7 Å². The first-order chi connectivity index (χ1) is 17.8. The number of amides is 2. The van der Waals surface area contributed by atoms with Crippen molar-refractivity contribution in [1.29, 1.82) is 0 Å². The maximum absolute atomic E-state index is 13.5. The molecule has 37 heavy (non-hydrogen) atoms. The lowest BCUT2D eigenvalue weighted by atomic mass is 10.1. The second-order valence-electron chi connectivity index (χ2n) is 8.40. The van der Waals surface area contributed by atoms with Gasteiger partial charge in [-0.2, -0.15) is 11.3 Å². The molecule has 9 heteroatoms. The molecule has 0 saturated carbocycles. The van der Waals surface area contributed by atoms with Gasteiger partial charge in [-0.15, -0.1) is 0 Å². The highest BCUT2D eigenvalue weighted by atomic mass is 35.5. The SMILES string of the molecule is COc1ccc(CN(C)C(=O)c2ccc(N(Cc3ccsc3)C(=O)c3cc(Cl)c(O)cc3O)cc2)cc1. The van der Waals surface area contributed by atoms with E-state index in [-0.39, 0.29) is 34.5 Å². The van der Waals surface area contributed by atoms with Crippen LogP contribution in [0, 0.1) is 0 Å². The van der Waals surface area contributed by atoms with Crippen LogP contribution >= 0.6 is 22.9 Å². The molecule has 0 fully saturated rings. The molecule has 4 rings (SSSR count). The van der Waals surface area contributed by atoms with Crippen LogP contribution in [-0.4, -0.2) is 41.1 Å². The predicted octanol–water partition coefficient (Wildman–Crippen LogP) is 5.94. The molecule has 7 nitrogen and oxygen atoms in total. The van der Waals surface area contributed by atoms with Gasteiger partial charge in [0.05, 0.1) is 24.2 Å². The van der Waals surface area contributed by atoms with Gasteiger partial charge >= 0.3 is 0 Å². The Kier molecular flexibility index (Phi) is 8.01. The van der Waals surface area contributed by atoms with Crippen molar-refractivity contribution in [3.8, 4) is 17.2 Å². The first-order valence-electron chi connectivity index (χ1n) is 11.3. The predicted molar refractivity (Wildman–Crippen MR) is 145 cm³/mol. The Bertz CT molecular complexity index is 1390. The van der Waals surface area contributed by atoms with E-state index >= 15 is 0 Å². The van der Waals surface area contributed by atoms with Crippen molar-refractivity contribution in [2.45, 2.75) is 13.1 Å². The number of phenolic OH excluding ortho intramolecular Hbond substituents is 2. The monoisotopic (exact) mass is 536 g/mol. The molecule has 0 radical (unpaired) electrons. The quantitative estimate of drug-likeness (QED) is 0.291. The summed E-state index contributed by atoms with van der Waals surface area (Å²) in [6.45, 7) is 0.666. The molecule has 0 aliphatic heterocycles. The van der Waals surface area contributed by atoms with E-state index in [2.05, 4.69) is 0 Å². The standard InChI is InChI=1S/C28H25ClN2O5S/c1-30(15-18-3-9-22(36-2)10-4-18)27(34)20-5-7-21(8-6-20)31(16-19-11-12-37-17-19)28(35)23-13-24(29)26(33)14-25(23)32/h3-14,17,32-33H,15-16H2,1-2H3. The van der Waals surface area contributed by atoms with E-state index < -0.39 is 5.91 Å². The van der Waals surface area contributed by atoms with Crippen LogP contribution < -0.4 is 9.64 Å². The Morgan fingerprint density at radius 3 is 2.22 bits per heavy atom. The number of hydrogen-bond donors (Lipinski definition) is 2. The molecular weight excluding hydrogens is 512 g/mol. The number of nitrogens with zero attached hydrogens (tertiary/aromatic N) is 2. The van der Waals surface area contributed by atoms with Gasteiger partial charge in [0.2, 0.25) is 0 Å². The molecule has 4 aromatic rings. The zero-order valence-electron chi connectivity index (χ0n) is 20.2. The maximum Gasteiger partial charge on any atom is 0.262 e. The lowest BCUT2D eigenvalue weighted by Crippen LogP contribution is -2.30. The average molecular weight is 537 g/mol. The Morgan fingerprint density at radius 2 is 1.59 bits per heavy atom. The van der Waals surface area contributed by atoms with Crippen LogP contribution in [0.15, 0.2) is 77.5 Å². The van der Waals surface area contributed by atoms with Crippen molar-refractivity contribution >= 4 is 40.4 Å². The first-order valence-corrected chi connectivity index (χ1v) is 12.6. The van der Waals surface area contributed by atoms with E-state index in [1.165, 1.54) is 22.3 Å². The first kappa shape index (κ1) is 26.1. The average Bonchev–Trinajstić information content (AvgIpc) is 3.42. The summed E-state index contributed by atoms with van der Waals surface area (Å²) < 4.78 is 5.18. The number of ether oxygens (including phenoxy) is 1. The molecule has 3 aromatic carbocycles. The van der Waals surface area contributed by atoms with Gasteiger partial charge in [-0.1, -0.05) is 23.7 Å². The van der Waals surface area contributed by atoms with Gasteiger partial charge in [0.1, 0.15) is 17.2 Å². The minimum atomic E-state index is -0.499. The summed E-state index contributed by atoms with van der Waals surface area (Å²) >= 11 is 7.51. The van der Waals surface area contributed by atoms with Crippen molar-refractivity contribution in [3.05, 3.63) is 105 Å². The summed E-state index contributed by atoms with van der Waals surface area (Å²) in [7, 11) is 3.33. The zero-order valence-corrected chi connectivity index (χ0v) is 21.8. The third-order valence-electron chi connectivity index (χ3n) is 5.81. The number of phenols is 2. The van der Waals surface area contributed by atoms with Gasteiger partial charge in [-0.3, -0.25) is 9.59 Å². The molecule has 0 aliphatic carbocycles. The van der Waals surface area contributed by atoms with Crippen molar-refractivity contribution in [2.75, 3.05) is 19.1 Å². The van der Waals surface area contributed by atoms with Gasteiger partial charge in [0.25, 0.3) is 11.8 Å². The van der Waals surface area contributed by atoms with E-state index in [9.17, 15) is 19.8 Å². The lowest BCUT2D eigenvalue weighted by Gasteiger charge is -2.24. The Labute approximate surface area is 223 Å². The molecule has 1 aromatic heterocycles. The molecular formula is C28H25ClN2O5S. The second kappa shape index (κ2) is 11.4. The van der Waals surface area contributed by atoms with Crippen LogP contribution in [0.1, 0.15) is 31.8 Å². The van der Waals surface area contributed by atoms with Gasteiger partial charge in [-0.25, -0.2) is 0 Å². The van der Waals surface area contributed by atoms with Gasteiger partial charge in [-0.05, 0) is 70.4 Å². The molecule has 2 amide bonds. The van der Waals surface area contributed by atoms with E-state index in [1.807, 2.05) is 41.1 Å². The number of halogens is 1. The minimum Gasteiger partial charge on any atom is -0.507 e. The number of aromatic hydroxyl groups is 2. The van der Waals surface area contributed by atoms with Crippen LogP contribution in [0.25, 0.3) is 0 Å². The zero-order chi connectivity index (χ0) is 26.5. The molecule has 1 heterocycles. The van der Waals surface area contributed by atoms with Crippen LogP contribution in [0.4, 0.5) is 5.69 Å². The molecule has 0 saturated heterocycles. The summed E-state index contributed by atoms with van der Waals surface area (Å²) in [6, 6.07) is 18.4. The number of rotatable bonds is 8. The van der Waals surface area contributed by atoms with Crippen LogP contribution in [0.5, 0.6) is 17.2 Å². The molecule has 0 bridgehead atoms. The highest BCUT2D eigenvalue weighted by Crippen LogP contribution is 2.33. The molecule has 0 aliphatic rings. The topological polar surface area (TPSA) is 90.3 Å². The largest absolute Gasteiger partial charge is 0.507 e. The Balaban J connectivity index is 1.57. The highest BCUT2D eigenvalue weighted by Gasteiger charge is 2.23. The third kappa shape index (κ3) is 6.04. The van der Waals surface area contributed by atoms with Crippen molar-refractivity contribution in [2.24, 2.45) is 0 Å². The fraction of sp³-hybridized carbons (Fsp3) is 0.143. The molecule has 0 atom stereocenters. The number of hydrogen-bond acceptors (Lipinski definition) is 6. The second-order valence-corrected chi connectivity index (χ2v) is 9.59. The fourth-order valence-corrected chi connectivity index (χ4v) is 4.62. The summed E-state index contributed by atoms with van der Waals surface area (Å²) in [5.41, 5.74) is 2.83. The number of methoxy groups -OCH3 is 1. The van der Waals surface area contributed by atoms with Crippen molar-refractivity contribution < 1.29 is 24.5 Å². The third-order valence-corrected chi connectivity index (χ3v) is 6.85. The summed E-state index contributed by atoms with van der Waals surface area (Å²) in [5, 5.41) is 23.9. The number of anilines is 1. The Morgan fingerprint density at radius 1 is 0.892 bits per heavy atom. The number of benzene rings is 3. The molecule has 0 spiro atoms. The number of carbonyl (C=O) groups excluding carboxylic acids is 2. The van der Waals surface area contributed by atoms with Gasteiger partial charge in [0.15, 0.2) is 0 Å². The normalized spacial score (nSPS) is 10.7. The summed E-state index contributed by atoms with van der Waals surface area (Å²) in [5.74, 6) is -0.615. The van der Waals surface area contributed by atoms with Crippen LogP contribution in [0.2, 0.25) is 5.02 Å². The Hall–Kier alpha value is -4.01. The summed E-state index contributed by atoms with van der Waals surface area (Å²) in [6.07, 6.45) is 0. The van der Waals surface area contributed by atoms with E-state index in [0.717, 1.165) is 22.9 Å². The van der Waals surface area contributed by atoms with Crippen molar-refractivity contribution in [1.82, 2.24) is 4.90 Å². The minimum absolute atomic E-state index is 0.0440. The van der Waals surface area contributed by atoms with E-state index in [0.29, 0.717) is 17.8 Å². The number of thiophene rings is 1. The smallest absolute Gasteiger partial charge is 0.262 e. The van der Waals surface area contributed by atoms with Crippen molar-refractivity contribution in [3.63, 3.8) is 0 Å². The molecule has 2 N–H and O–H groups in total. The maximum atomic E-state index is 13.5. The van der Waals surface area contributed by atoms with Crippen LogP contribution in [-0.2, 0) is 13.1 Å². The van der Waals surface area contributed by atoms with Crippen LogP contribution in [0.3, 0.4) is 0 Å². The molecule has 190 valence electrons. The van der Waals surface area contributed by atoms with E-state index in [1.54, 1.807) is 43.3 Å². The van der Waals surface area contributed by atoms with Gasteiger partial charge in [0, 0.05) is 30.9 Å². The number of carbonyl (C=O) groups is 2. The molecule has 0 unspecified atom stereocenters. The lowest BCUT2D eigenvalue weighted by molar-refractivity contribution is 0.0785. The highest BCUT2D eigenvalue weighted by molar-refractivity contribution is 7.07. The van der Waals surface area contributed by atoms with E-state index in [4.69, 9.17) is 16.3 Å². The summed E-state index contributed by atoms with van der Waals surface area (Å²) in [4.78, 5) is 29.6. The fourth-order valence-electron chi connectivity index (χ4n) is 3.79.